The van der Waals surface area contributed by atoms with Gasteiger partial charge in [-0.3, -0.25) is 9.69 Å². The van der Waals surface area contributed by atoms with E-state index >= 15 is 0 Å². The number of aromatic amines is 1. The summed E-state index contributed by atoms with van der Waals surface area (Å²) >= 11 is 5.92. The first-order chi connectivity index (χ1) is 15.2. The van der Waals surface area contributed by atoms with E-state index in [2.05, 4.69) is 40.2 Å². The lowest BCUT2D eigenvalue weighted by atomic mass is 9.89. The van der Waals surface area contributed by atoms with Crippen molar-refractivity contribution in [2.45, 2.75) is 25.0 Å². The van der Waals surface area contributed by atoms with Crippen molar-refractivity contribution in [3.63, 3.8) is 0 Å². The molecule has 5 heteroatoms. The van der Waals surface area contributed by atoms with Crippen LogP contribution in [-0.4, -0.2) is 31.8 Å². The van der Waals surface area contributed by atoms with Crippen molar-refractivity contribution in [1.82, 2.24) is 14.8 Å². The molecule has 0 unspecified atom stereocenters. The van der Waals surface area contributed by atoms with Crippen LogP contribution in [0.1, 0.15) is 28.4 Å². The Bertz CT molecular complexity index is 1300. The number of rotatable bonds is 3. The Balaban J connectivity index is 1.49. The molecule has 0 aliphatic carbocycles. The fourth-order valence-corrected chi connectivity index (χ4v) is 5.41. The fraction of sp³-hybridized carbons (Fsp3) is 0.154. The second-order valence-electron chi connectivity index (χ2n) is 8.20. The minimum atomic E-state index is -0.284. The summed E-state index contributed by atoms with van der Waals surface area (Å²) in [5, 5.41) is 1.80. The second kappa shape index (κ2) is 7.06. The van der Waals surface area contributed by atoms with Crippen LogP contribution in [-0.2, 0) is 17.8 Å². The summed E-state index contributed by atoms with van der Waals surface area (Å²) < 4.78 is 0. The molecule has 4 nitrogen and oxygen atoms in total. The molecular weight excluding hydrogens is 402 g/mol. The van der Waals surface area contributed by atoms with Gasteiger partial charge in [-0.1, -0.05) is 78.9 Å². The van der Waals surface area contributed by atoms with Gasteiger partial charge in [0.1, 0.15) is 6.04 Å². The molecule has 1 amide bonds. The molecule has 6 rings (SSSR count). The number of hydrogen-bond acceptors (Lipinski definition) is 2. The minimum absolute atomic E-state index is 0.0886. The maximum Gasteiger partial charge on any atom is 0.252 e. The average molecular weight is 424 g/mol. The Morgan fingerprint density at radius 2 is 1.58 bits per heavy atom. The van der Waals surface area contributed by atoms with Crippen molar-refractivity contribution in [3.8, 4) is 0 Å². The van der Waals surface area contributed by atoms with E-state index < -0.39 is 0 Å². The quantitative estimate of drug-likeness (QED) is 0.481. The van der Waals surface area contributed by atoms with E-state index in [1.807, 2.05) is 54.6 Å². The van der Waals surface area contributed by atoms with Gasteiger partial charge >= 0.3 is 0 Å². The van der Waals surface area contributed by atoms with Crippen LogP contribution in [0.2, 0.25) is 0 Å². The molecule has 1 N–H and O–H groups in total. The minimum Gasteiger partial charge on any atom is -0.356 e. The maximum absolute atomic E-state index is 13.6. The lowest BCUT2D eigenvalue weighted by Gasteiger charge is -2.37. The smallest absolute Gasteiger partial charge is 0.252 e. The number of carbonyl (C=O) groups excluding carboxylic acids is 1. The third-order valence-corrected chi connectivity index (χ3v) is 6.86. The van der Waals surface area contributed by atoms with Gasteiger partial charge in [0.25, 0.3) is 5.91 Å². The standard InChI is InChI=1S/C26H21N3OS/c30-25-22-15-20-19-13-7-8-14-21(19)27-23(20)24(18-11-5-2-6-12-18)29(22)26(31)28(25)16-17-9-3-1-4-10-17/h1-14,22,24,27H,15-16H2/t22-,24+/m1/s1. The Morgan fingerprint density at radius 3 is 2.35 bits per heavy atom. The molecule has 0 radical (unpaired) electrons. The van der Waals surface area contributed by atoms with Crippen LogP contribution in [0.4, 0.5) is 0 Å². The highest BCUT2D eigenvalue weighted by molar-refractivity contribution is 7.80. The Labute approximate surface area is 186 Å². The monoisotopic (exact) mass is 423 g/mol. The lowest BCUT2D eigenvalue weighted by Crippen LogP contribution is -2.44. The number of nitrogens with one attached hydrogen (secondary N) is 1. The molecule has 0 saturated carbocycles. The Morgan fingerprint density at radius 1 is 0.903 bits per heavy atom. The third-order valence-electron chi connectivity index (χ3n) is 6.43. The van der Waals surface area contributed by atoms with Crippen LogP contribution >= 0.6 is 12.2 Å². The molecule has 0 bridgehead atoms. The molecule has 1 aromatic heterocycles. The van der Waals surface area contributed by atoms with Crippen LogP contribution < -0.4 is 0 Å². The van der Waals surface area contributed by atoms with Crippen molar-refractivity contribution in [3.05, 3.63) is 107 Å². The zero-order valence-corrected chi connectivity index (χ0v) is 17.7. The first-order valence-corrected chi connectivity index (χ1v) is 11.0. The molecule has 3 aromatic carbocycles. The zero-order chi connectivity index (χ0) is 20.9. The van der Waals surface area contributed by atoms with E-state index in [-0.39, 0.29) is 18.0 Å². The highest BCUT2D eigenvalue weighted by Crippen LogP contribution is 2.44. The van der Waals surface area contributed by atoms with Crippen LogP contribution in [0, 0.1) is 0 Å². The molecule has 3 heterocycles. The largest absolute Gasteiger partial charge is 0.356 e. The highest BCUT2D eigenvalue weighted by Gasteiger charge is 2.50. The molecule has 2 aliphatic rings. The highest BCUT2D eigenvalue weighted by atomic mass is 32.1. The van der Waals surface area contributed by atoms with Crippen LogP contribution in [0.15, 0.2) is 84.9 Å². The number of H-pyrrole nitrogens is 1. The average Bonchev–Trinajstić information content (AvgIpc) is 3.30. The summed E-state index contributed by atoms with van der Waals surface area (Å²) in [5.74, 6) is 0.0886. The fourth-order valence-electron chi connectivity index (χ4n) is 5.02. The molecule has 1 fully saturated rings. The first kappa shape index (κ1) is 18.3. The van der Waals surface area contributed by atoms with Gasteiger partial charge in [0, 0.05) is 23.0 Å². The molecule has 2 aliphatic heterocycles. The Kier molecular flexibility index (Phi) is 4.18. The molecule has 2 atom stereocenters. The number of thiocarbonyl (C=S) groups is 1. The third kappa shape index (κ3) is 2.81. The first-order valence-electron chi connectivity index (χ1n) is 10.5. The predicted molar refractivity (Wildman–Crippen MR) is 126 cm³/mol. The normalized spacial score (nSPS) is 20.3. The van der Waals surface area contributed by atoms with E-state index in [1.165, 1.54) is 10.9 Å². The molecule has 152 valence electrons. The van der Waals surface area contributed by atoms with Gasteiger partial charge in [-0.25, -0.2) is 0 Å². The number of hydrogen-bond donors (Lipinski definition) is 1. The number of carbonyl (C=O) groups is 1. The second-order valence-corrected chi connectivity index (χ2v) is 8.56. The van der Waals surface area contributed by atoms with Crippen molar-refractivity contribution in [2.75, 3.05) is 0 Å². The van der Waals surface area contributed by atoms with E-state index in [0.717, 1.165) is 22.3 Å². The van der Waals surface area contributed by atoms with Gasteiger partial charge in [-0.05, 0) is 35.0 Å². The summed E-state index contributed by atoms with van der Waals surface area (Å²) in [4.78, 5) is 21.2. The van der Waals surface area contributed by atoms with Gasteiger partial charge in [-0.15, -0.1) is 0 Å². The van der Waals surface area contributed by atoms with Gasteiger partial charge < -0.3 is 9.88 Å². The molecular formula is C26H21N3OS. The summed E-state index contributed by atoms with van der Waals surface area (Å²) in [5.41, 5.74) is 5.69. The summed E-state index contributed by atoms with van der Waals surface area (Å²) in [6.45, 7) is 0.502. The van der Waals surface area contributed by atoms with Crippen LogP contribution in [0.25, 0.3) is 10.9 Å². The molecule has 0 spiro atoms. The number of benzene rings is 3. The lowest BCUT2D eigenvalue weighted by molar-refractivity contribution is -0.128. The van der Waals surface area contributed by atoms with E-state index in [4.69, 9.17) is 12.2 Å². The summed E-state index contributed by atoms with van der Waals surface area (Å²) in [6, 6.07) is 28.4. The van der Waals surface area contributed by atoms with Gasteiger partial charge in [-0.2, -0.15) is 0 Å². The Hall–Kier alpha value is -3.44. The van der Waals surface area contributed by atoms with Gasteiger partial charge in [0.05, 0.1) is 12.6 Å². The molecule has 31 heavy (non-hydrogen) atoms. The van der Waals surface area contributed by atoms with Crippen molar-refractivity contribution in [2.24, 2.45) is 0 Å². The van der Waals surface area contributed by atoms with Gasteiger partial charge in [0.15, 0.2) is 5.11 Å². The zero-order valence-electron chi connectivity index (χ0n) is 16.9. The summed E-state index contributed by atoms with van der Waals surface area (Å²) in [7, 11) is 0. The van der Waals surface area contributed by atoms with Crippen molar-refractivity contribution >= 4 is 34.1 Å². The molecule has 1 saturated heterocycles. The topological polar surface area (TPSA) is 39.3 Å². The number of aromatic nitrogens is 1. The SMILES string of the molecule is O=C1[C@H]2Cc3c([nH]c4ccccc34)[C@H](c3ccccc3)N2C(=S)N1Cc1ccccc1. The van der Waals surface area contributed by atoms with Crippen molar-refractivity contribution in [1.29, 1.82) is 0 Å². The maximum atomic E-state index is 13.6. The van der Waals surface area contributed by atoms with Gasteiger partial charge in [0.2, 0.25) is 0 Å². The van der Waals surface area contributed by atoms with Crippen LogP contribution in [0.5, 0.6) is 0 Å². The van der Waals surface area contributed by atoms with Crippen molar-refractivity contribution < 1.29 is 4.79 Å². The van der Waals surface area contributed by atoms with Crippen LogP contribution in [0.3, 0.4) is 0 Å². The van der Waals surface area contributed by atoms with E-state index in [1.54, 1.807) is 4.90 Å². The molecule has 4 aromatic rings. The summed E-state index contributed by atoms with van der Waals surface area (Å²) in [6.07, 6.45) is 0.660. The number of para-hydroxylation sites is 1. The number of amides is 1. The number of nitrogens with zero attached hydrogens (tertiary/aromatic N) is 2. The van der Waals surface area contributed by atoms with E-state index in [9.17, 15) is 4.79 Å². The van der Waals surface area contributed by atoms with E-state index in [0.29, 0.717) is 18.1 Å². The predicted octanol–water partition coefficient (Wildman–Crippen LogP) is 4.81. The number of fused-ring (bicyclic) bond motifs is 4.